The Kier molecular flexibility index (Phi) is 50.6. The van der Waals surface area contributed by atoms with Gasteiger partial charge >= 0.3 is 11.9 Å². The van der Waals surface area contributed by atoms with Crippen LogP contribution in [0.2, 0.25) is 0 Å². The third-order valence-corrected chi connectivity index (χ3v) is 8.85. The highest BCUT2D eigenvalue weighted by Crippen LogP contribution is 2.14. The van der Waals surface area contributed by atoms with E-state index in [0.29, 0.717) is 145 Å². The molecule has 0 aliphatic carbocycles. The van der Waals surface area contributed by atoms with Gasteiger partial charge in [0, 0.05) is 13.0 Å². The van der Waals surface area contributed by atoms with E-state index in [1.807, 2.05) is 0 Å². The van der Waals surface area contributed by atoms with Crippen molar-refractivity contribution < 1.29 is 76.3 Å². The predicted molar refractivity (Wildman–Crippen MR) is 230 cm³/mol. The minimum Gasteiger partial charge on any atom is -0.480 e. The molecule has 0 rings (SSSR count). The Hall–Kier alpha value is -2.03. The summed E-state index contributed by atoms with van der Waals surface area (Å²) < 4.78 is 64.5. The summed E-state index contributed by atoms with van der Waals surface area (Å²) in [6, 6.07) is 0. The van der Waals surface area contributed by atoms with Gasteiger partial charge in [0.25, 0.3) is 0 Å². The number of carboxylic acids is 1. The summed E-state index contributed by atoms with van der Waals surface area (Å²) in [7, 11) is 0. The number of nitrogens with one attached hydrogen (secondary N) is 1. The molecule has 0 radical (unpaired) electrons. The third-order valence-electron chi connectivity index (χ3n) is 8.85. The molecule has 362 valence electrons. The zero-order valence-electron chi connectivity index (χ0n) is 37.9. The lowest BCUT2D eigenvalue weighted by atomic mass is 10.0. The van der Waals surface area contributed by atoms with Crippen molar-refractivity contribution in [2.75, 3.05) is 159 Å². The van der Waals surface area contributed by atoms with E-state index < -0.39 is 18.5 Å². The van der Waals surface area contributed by atoms with Crippen molar-refractivity contribution in [3.63, 3.8) is 0 Å². The number of esters is 1. The fourth-order valence-corrected chi connectivity index (χ4v) is 5.55. The molecule has 0 fully saturated rings. The highest BCUT2D eigenvalue weighted by molar-refractivity contribution is 5.77. The number of carbonyl (C=O) groups excluding carboxylic acids is 2. The summed E-state index contributed by atoms with van der Waals surface area (Å²) in [6.07, 6.45) is 20.1. The number of unbranched alkanes of at least 4 members (excludes halogenated alkanes) is 14. The Morgan fingerprint density at radius 3 is 0.984 bits per heavy atom. The molecule has 0 atom stereocenters. The van der Waals surface area contributed by atoms with Crippen LogP contribution in [-0.2, 0) is 71.2 Å². The zero-order chi connectivity index (χ0) is 44.2. The molecule has 17 heteroatoms. The Balaban J connectivity index is 3.15. The maximum atomic E-state index is 11.9. The van der Waals surface area contributed by atoms with Crippen LogP contribution in [0.3, 0.4) is 0 Å². The molecule has 0 unspecified atom stereocenters. The van der Waals surface area contributed by atoms with Gasteiger partial charge in [0.2, 0.25) is 5.91 Å². The first-order valence-corrected chi connectivity index (χ1v) is 23.1. The standard InChI is InChI=1S/C44H85NO16/c1-2-3-4-5-6-7-8-9-10-11-12-13-14-15-16-17-44(49)61-39-38-59-37-36-58-35-34-57-33-32-56-31-30-55-29-28-54-27-26-53-25-24-52-23-22-51-21-20-50-19-18-45-42(46)40-60-41-43(47)48/h2-41H2,1H3,(H,45,46)(H,47,48). The van der Waals surface area contributed by atoms with Gasteiger partial charge in [-0.15, -0.1) is 0 Å². The van der Waals surface area contributed by atoms with Gasteiger partial charge in [-0.1, -0.05) is 96.8 Å². The molecule has 0 aromatic carbocycles. The van der Waals surface area contributed by atoms with Crippen molar-refractivity contribution in [2.45, 2.75) is 110 Å². The van der Waals surface area contributed by atoms with Gasteiger partial charge in [0.15, 0.2) is 0 Å². The molecule has 0 aromatic heterocycles. The number of ether oxygens (including phenoxy) is 12. The van der Waals surface area contributed by atoms with E-state index in [-0.39, 0.29) is 19.2 Å². The van der Waals surface area contributed by atoms with Crippen LogP contribution in [0.5, 0.6) is 0 Å². The SMILES string of the molecule is CCCCCCCCCCCCCCCCCC(=O)OCCOCCOCCOCCOCCOCCOCCOCCOCCOCCOCCNC(=O)COCC(=O)O. The van der Waals surface area contributed by atoms with Crippen LogP contribution in [-0.4, -0.2) is 181 Å². The zero-order valence-corrected chi connectivity index (χ0v) is 37.9. The fraction of sp³-hybridized carbons (Fsp3) is 0.932. The van der Waals surface area contributed by atoms with Gasteiger partial charge in [-0.3, -0.25) is 9.59 Å². The molecule has 0 saturated carbocycles. The quantitative estimate of drug-likeness (QED) is 0.0599. The van der Waals surface area contributed by atoms with Crippen LogP contribution in [0.1, 0.15) is 110 Å². The summed E-state index contributed by atoms with van der Waals surface area (Å²) in [6.45, 7) is 10.9. The van der Waals surface area contributed by atoms with E-state index in [4.69, 9.17) is 57.2 Å². The molecular weight excluding hydrogens is 798 g/mol. The lowest BCUT2D eigenvalue weighted by Crippen LogP contribution is -2.31. The number of carboxylic acid groups (broad SMARTS) is 1. The normalized spacial score (nSPS) is 11.4. The van der Waals surface area contributed by atoms with E-state index in [9.17, 15) is 14.4 Å². The molecule has 61 heavy (non-hydrogen) atoms. The first-order valence-electron chi connectivity index (χ1n) is 23.1. The molecule has 2 N–H and O–H groups in total. The number of rotatable bonds is 53. The van der Waals surface area contributed by atoms with Crippen LogP contribution >= 0.6 is 0 Å². The predicted octanol–water partition coefficient (Wildman–Crippen LogP) is 5.17. The van der Waals surface area contributed by atoms with E-state index in [1.54, 1.807) is 0 Å². The fourth-order valence-electron chi connectivity index (χ4n) is 5.55. The number of hydrogen-bond acceptors (Lipinski definition) is 15. The van der Waals surface area contributed by atoms with Crippen molar-refractivity contribution in [1.82, 2.24) is 5.32 Å². The lowest BCUT2D eigenvalue weighted by molar-refractivity contribution is -0.146. The van der Waals surface area contributed by atoms with Crippen molar-refractivity contribution in [2.24, 2.45) is 0 Å². The summed E-state index contributed by atoms with van der Waals surface area (Å²) in [5.74, 6) is -1.66. The topological polar surface area (TPSA) is 194 Å². The van der Waals surface area contributed by atoms with Crippen LogP contribution in [0.25, 0.3) is 0 Å². The Morgan fingerprint density at radius 2 is 0.656 bits per heavy atom. The van der Waals surface area contributed by atoms with Crippen molar-refractivity contribution in [3.8, 4) is 0 Å². The molecule has 0 aliphatic rings. The van der Waals surface area contributed by atoms with Gasteiger partial charge in [-0.25, -0.2) is 4.79 Å². The molecule has 0 saturated heterocycles. The van der Waals surface area contributed by atoms with Crippen LogP contribution in [0.15, 0.2) is 0 Å². The van der Waals surface area contributed by atoms with Gasteiger partial charge in [0.1, 0.15) is 19.8 Å². The largest absolute Gasteiger partial charge is 0.480 e. The minimum atomic E-state index is -1.12. The summed E-state index contributed by atoms with van der Waals surface area (Å²) in [5.41, 5.74) is 0. The number of amides is 1. The molecule has 1 amide bonds. The maximum absolute atomic E-state index is 11.9. The van der Waals surface area contributed by atoms with E-state index >= 15 is 0 Å². The second kappa shape index (κ2) is 52.3. The molecule has 0 heterocycles. The second-order valence-electron chi connectivity index (χ2n) is 14.3. The first-order chi connectivity index (χ1) is 30.1. The monoisotopic (exact) mass is 884 g/mol. The van der Waals surface area contributed by atoms with Crippen molar-refractivity contribution in [1.29, 1.82) is 0 Å². The van der Waals surface area contributed by atoms with E-state index in [0.717, 1.165) is 12.8 Å². The van der Waals surface area contributed by atoms with E-state index in [2.05, 4.69) is 17.0 Å². The van der Waals surface area contributed by atoms with Crippen LogP contribution in [0, 0.1) is 0 Å². The number of aliphatic carboxylic acids is 1. The van der Waals surface area contributed by atoms with Gasteiger partial charge < -0.3 is 67.3 Å². The van der Waals surface area contributed by atoms with Crippen molar-refractivity contribution in [3.05, 3.63) is 0 Å². The molecular formula is C44H85NO16. The first kappa shape index (κ1) is 59.0. The second-order valence-corrected chi connectivity index (χ2v) is 14.3. The molecule has 0 aliphatic heterocycles. The van der Waals surface area contributed by atoms with Crippen LogP contribution < -0.4 is 5.32 Å². The molecule has 0 bridgehead atoms. The van der Waals surface area contributed by atoms with Crippen molar-refractivity contribution >= 4 is 17.8 Å². The maximum Gasteiger partial charge on any atom is 0.329 e. The average Bonchev–Trinajstić information content (AvgIpc) is 3.25. The summed E-state index contributed by atoms with van der Waals surface area (Å²) in [5, 5.41) is 11.0. The number of hydrogen-bond donors (Lipinski definition) is 2. The van der Waals surface area contributed by atoms with Gasteiger partial charge in [0.05, 0.1) is 132 Å². The Bertz CT molecular complexity index is 919. The minimum absolute atomic E-state index is 0.139. The molecule has 0 spiro atoms. The molecule has 17 nitrogen and oxygen atoms in total. The smallest absolute Gasteiger partial charge is 0.329 e. The van der Waals surface area contributed by atoms with Gasteiger partial charge in [-0.2, -0.15) is 0 Å². The van der Waals surface area contributed by atoms with Crippen LogP contribution in [0.4, 0.5) is 0 Å². The highest BCUT2D eigenvalue weighted by atomic mass is 16.6. The van der Waals surface area contributed by atoms with Gasteiger partial charge in [-0.05, 0) is 6.42 Å². The van der Waals surface area contributed by atoms with E-state index in [1.165, 1.54) is 83.5 Å². The lowest BCUT2D eigenvalue weighted by Gasteiger charge is -2.09. The Labute approximate surface area is 367 Å². The average molecular weight is 884 g/mol. The molecule has 0 aromatic rings. The summed E-state index contributed by atoms with van der Waals surface area (Å²) >= 11 is 0. The highest BCUT2D eigenvalue weighted by Gasteiger charge is 2.05. The number of carbonyl (C=O) groups is 3. The summed E-state index contributed by atoms with van der Waals surface area (Å²) in [4.78, 5) is 33.6. The third kappa shape index (κ3) is 54.0. The Morgan fingerprint density at radius 1 is 0.361 bits per heavy atom.